The summed E-state index contributed by atoms with van der Waals surface area (Å²) in [6.45, 7) is 8.88. The molecular weight excluding hydrogens is 252 g/mol. The van der Waals surface area contributed by atoms with Gasteiger partial charge in [-0.1, -0.05) is 26.7 Å². The molecule has 1 heterocycles. The summed E-state index contributed by atoms with van der Waals surface area (Å²) in [6.07, 6.45) is 5.64. The Bertz CT molecular complexity index is 316. The fourth-order valence-electron chi connectivity index (χ4n) is 3.99. The molecule has 116 valence electrons. The summed E-state index contributed by atoms with van der Waals surface area (Å²) in [5.41, 5.74) is -0.0622. The molecule has 0 aromatic rings. The summed E-state index contributed by atoms with van der Waals surface area (Å²) in [4.78, 5) is 17.3. The van der Waals surface area contributed by atoms with Gasteiger partial charge in [0.1, 0.15) is 0 Å². The third-order valence-electron chi connectivity index (χ3n) is 4.89. The van der Waals surface area contributed by atoms with Crippen LogP contribution in [0, 0.1) is 11.3 Å². The first-order valence-corrected chi connectivity index (χ1v) is 8.20. The zero-order valence-electron chi connectivity index (χ0n) is 13.1. The Morgan fingerprint density at radius 2 is 1.75 bits per heavy atom. The average molecular weight is 282 g/mol. The van der Waals surface area contributed by atoms with E-state index in [1.807, 2.05) is 0 Å². The first-order valence-electron chi connectivity index (χ1n) is 8.20. The van der Waals surface area contributed by atoms with Gasteiger partial charge in [-0.2, -0.15) is 0 Å². The van der Waals surface area contributed by atoms with E-state index in [4.69, 9.17) is 5.11 Å². The molecule has 1 amide bonds. The number of rotatable bonds is 5. The van der Waals surface area contributed by atoms with Crippen molar-refractivity contribution in [1.29, 1.82) is 0 Å². The van der Waals surface area contributed by atoms with E-state index < -0.39 is 0 Å². The van der Waals surface area contributed by atoms with Gasteiger partial charge in [-0.15, -0.1) is 0 Å². The largest absolute Gasteiger partial charge is 0.395 e. The molecule has 2 fully saturated rings. The van der Waals surface area contributed by atoms with E-state index in [2.05, 4.69) is 23.6 Å². The quantitative estimate of drug-likeness (QED) is 0.835. The Morgan fingerprint density at radius 1 is 1.15 bits per heavy atom. The number of carbonyl (C=O) groups is 1. The molecule has 0 radical (unpaired) electrons. The van der Waals surface area contributed by atoms with Crippen molar-refractivity contribution in [2.75, 3.05) is 39.3 Å². The normalized spacial score (nSPS) is 23.5. The Morgan fingerprint density at radius 3 is 2.25 bits per heavy atom. The van der Waals surface area contributed by atoms with Gasteiger partial charge >= 0.3 is 0 Å². The van der Waals surface area contributed by atoms with Gasteiger partial charge in [0.25, 0.3) is 0 Å². The molecule has 0 bridgehead atoms. The maximum atomic E-state index is 13.0. The van der Waals surface area contributed by atoms with Gasteiger partial charge in [-0.05, 0) is 25.2 Å². The lowest BCUT2D eigenvalue weighted by Gasteiger charge is -2.40. The van der Waals surface area contributed by atoms with Crippen LogP contribution >= 0.6 is 0 Å². The minimum absolute atomic E-state index is 0.0622. The number of piperazine rings is 1. The van der Waals surface area contributed by atoms with Crippen molar-refractivity contribution in [3.63, 3.8) is 0 Å². The maximum absolute atomic E-state index is 13.0. The van der Waals surface area contributed by atoms with Crippen LogP contribution in [0.4, 0.5) is 0 Å². The Labute approximate surface area is 123 Å². The second-order valence-corrected chi connectivity index (χ2v) is 6.94. The highest BCUT2D eigenvalue weighted by Crippen LogP contribution is 2.44. The minimum Gasteiger partial charge on any atom is -0.395 e. The number of β-amino-alcohol motifs (C(OH)–C–C–N with tert-alkyl or cyclic N) is 1. The van der Waals surface area contributed by atoms with E-state index in [-0.39, 0.29) is 12.0 Å². The maximum Gasteiger partial charge on any atom is 0.228 e. The number of aliphatic hydroxyl groups excluding tert-OH is 1. The van der Waals surface area contributed by atoms with Crippen molar-refractivity contribution >= 4 is 5.91 Å². The fraction of sp³-hybridized carbons (Fsp3) is 0.938. The molecule has 1 N–H and O–H groups in total. The van der Waals surface area contributed by atoms with E-state index in [1.165, 1.54) is 12.8 Å². The molecule has 2 rings (SSSR count). The monoisotopic (exact) mass is 282 g/mol. The van der Waals surface area contributed by atoms with Crippen LogP contribution in [-0.4, -0.2) is 60.1 Å². The molecule has 20 heavy (non-hydrogen) atoms. The van der Waals surface area contributed by atoms with Crippen LogP contribution in [0.1, 0.15) is 46.0 Å². The SMILES string of the molecule is CC(C)CC1(C(=O)N2CCN(CCO)CC2)CCCC1. The lowest BCUT2D eigenvalue weighted by Crippen LogP contribution is -2.53. The lowest BCUT2D eigenvalue weighted by atomic mass is 9.77. The van der Waals surface area contributed by atoms with Gasteiger partial charge in [-0.3, -0.25) is 9.69 Å². The summed E-state index contributed by atoms with van der Waals surface area (Å²) < 4.78 is 0. The third kappa shape index (κ3) is 3.53. The zero-order valence-corrected chi connectivity index (χ0v) is 13.1. The van der Waals surface area contributed by atoms with Crippen LogP contribution in [0.2, 0.25) is 0 Å². The van der Waals surface area contributed by atoms with Gasteiger partial charge in [-0.25, -0.2) is 0 Å². The highest BCUT2D eigenvalue weighted by molar-refractivity contribution is 5.83. The van der Waals surface area contributed by atoms with Crippen molar-refractivity contribution < 1.29 is 9.90 Å². The Balaban J connectivity index is 1.95. The molecule has 4 heteroatoms. The van der Waals surface area contributed by atoms with Crippen molar-refractivity contribution in [2.24, 2.45) is 11.3 Å². The number of aliphatic hydroxyl groups is 1. The highest BCUT2D eigenvalue weighted by Gasteiger charge is 2.43. The van der Waals surface area contributed by atoms with Gasteiger partial charge < -0.3 is 10.0 Å². The van der Waals surface area contributed by atoms with Crippen molar-refractivity contribution in [2.45, 2.75) is 46.0 Å². The number of nitrogens with zero attached hydrogens (tertiary/aromatic N) is 2. The predicted octanol–water partition coefficient (Wildman–Crippen LogP) is 1.73. The van der Waals surface area contributed by atoms with Crippen LogP contribution in [0.5, 0.6) is 0 Å². The second kappa shape index (κ2) is 6.90. The van der Waals surface area contributed by atoms with Gasteiger partial charge in [0.2, 0.25) is 5.91 Å². The zero-order chi connectivity index (χ0) is 14.6. The molecule has 4 nitrogen and oxygen atoms in total. The summed E-state index contributed by atoms with van der Waals surface area (Å²) in [6, 6.07) is 0. The van der Waals surface area contributed by atoms with Gasteiger partial charge in [0, 0.05) is 38.1 Å². The van der Waals surface area contributed by atoms with Crippen LogP contribution in [-0.2, 0) is 4.79 Å². The molecule has 0 spiro atoms. The highest BCUT2D eigenvalue weighted by atomic mass is 16.3. The molecule has 0 atom stereocenters. The minimum atomic E-state index is -0.0622. The predicted molar refractivity (Wildman–Crippen MR) is 80.5 cm³/mol. The topological polar surface area (TPSA) is 43.8 Å². The Kier molecular flexibility index (Phi) is 5.44. The molecular formula is C16H30N2O2. The summed E-state index contributed by atoms with van der Waals surface area (Å²) >= 11 is 0. The van der Waals surface area contributed by atoms with E-state index in [0.717, 1.165) is 52.0 Å². The molecule has 0 unspecified atom stereocenters. The molecule has 1 saturated heterocycles. The van der Waals surface area contributed by atoms with Crippen LogP contribution in [0.15, 0.2) is 0 Å². The van der Waals surface area contributed by atoms with Gasteiger partial charge in [0.15, 0.2) is 0 Å². The summed E-state index contributed by atoms with van der Waals surface area (Å²) in [5.74, 6) is 1.00. The van der Waals surface area contributed by atoms with Crippen LogP contribution < -0.4 is 0 Å². The molecule has 1 aliphatic heterocycles. The van der Waals surface area contributed by atoms with Crippen molar-refractivity contribution in [3.8, 4) is 0 Å². The number of hydrogen-bond donors (Lipinski definition) is 1. The van der Waals surface area contributed by atoms with Crippen LogP contribution in [0.3, 0.4) is 0 Å². The Hall–Kier alpha value is -0.610. The number of hydrogen-bond acceptors (Lipinski definition) is 3. The van der Waals surface area contributed by atoms with Gasteiger partial charge in [0.05, 0.1) is 6.61 Å². The standard InChI is InChI=1S/C16H30N2O2/c1-14(2)13-16(5-3-4-6-16)15(20)18-9-7-17(8-10-18)11-12-19/h14,19H,3-13H2,1-2H3. The second-order valence-electron chi connectivity index (χ2n) is 6.94. The first kappa shape index (κ1) is 15.8. The van der Waals surface area contributed by atoms with E-state index in [0.29, 0.717) is 11.8 Å². The van der Waals surface area contributed by atoms with Crippen molar-refractivity contribution in [3.05, 3.63) is 0 Å². The van der Waals surface area contributed by atoms with Crippen LogP contribution in [0.25, 0.3) is 0 Å². The average Bonchev–Trinajstić information content (AvgIpc) is 2.88. The third-order valence-corrected chi connectivity index (χ3v) is 4.89. The molecule has 0 aromatic heterocycles. The molecule has 1 saturated carbocycles. The smallest absolute Gasteiger partial charge is 0.228 e. The molecule has 1 aliphatic carbocycles. The lowest BCUT2D eigenvalue weighted by molar-refractivity contribution is -0.144. The van der Waals surface area contributed by atoms with Crippen molar-refractivity contribution in [1.82, 2.24) is 9.80 Å². The fourth-order valence-corrected chi connectivity index (χ4v) is 3.99. The number of carbonyl (C=O) groups excluding carboxylic acids is 1. The summed E-state index contributed by atoms with van der Waals surface area (Å²) in [5, 5.41) is 8.98. The number of amides is 1. The molecule has 0 aromatic carbocycles. The first-order chi connectivity index (χ1) is 9.57. The van der Waals surface area contributed by atoms with E-state index in [9.17, 15) is 4.79 Å². The summed E-state index contributed by atoms with van der Waals surface area (Å²) in [7, 11) is 0. The van der Waals surface area contributed by atoms with E-state index >= 15 is 0 Å². The van der Waals surface area contributed by atoms with E-state index in [1.54, 1.807) is 0 Å². The molecule has 2 aliphatic rings.